The van der Waals surface area contributed by atoms with Gasteiger partial charge in [-0.05, 0) is 49.5 Å². The topological polar surface area (TPSA) is 58.6 Å². The number of benzene rings is 1. The molecule has 1 N–H and O–H groups in total. The maximum atomic E-state index is 12.7. The molecule has 2 saturated heterocycles. The number of ether oxygens (including phenoxy) is 1. The summed E-state index contributed by atoms with van der Waals surface area (Å²) in [4.78, 5) is 0.234. The third kappa shape index (κ3) is 2.77. The van der Waals surface area contributed by atoms with Crippen molar-refractivity contribution in [3.63, 3.8) is 0 Å². The molecule has 1 aromatic rings. The Morgan fingerprint density at radius 1 is 1.33 bits per heavy atom. The Labute approximate surface area is 130 Å². The molecule has 0 saturated carbocycles. The van der Waals surface area contributed by atoms with Crippen molar-refractivity contribution < 1.29 is 13.2 Å². The van der Waals surface area contributed by atoms with Crippen molar-refractivity contribution in [3.8, 4) is 5.75 Å². The lowest BCUT2D eigenvalue weighted by atomic mass is 9.90. The van der Waals surface area contributed by atoms with Crippen LogP contribution in [0.3, 0.4) is 0 Å². The lowest BCUT2D eigenvalue weighted by Crippen LogP contribution is -2.43. The van der Waals surface area contributed by atoms with Gasteiger partial charge >= 0.3 is 0 Å². The van der Waals surface area contributed by atoms with Crippen LogP contribution < -0.4 is 10.1 Å². The Morgan fingerprint density at radius 2 is 2.10 bits per heavy atom. The maximum absolute atomic E-state index is 12.7. The molecule has 0 spiro atoms. The van der Waals surface area contributed by atoms with E-state index in [-0.39, 0.29) is 4.90 Å². The Bertz CT molecular complexity index is 635. The number of nitrogens with zero attached hydrogens (tertiary/aromatic N) is 1. The predicted molar refractivity (Wildman–Crippen MR) is 81.2 cm³/mol. The molecule has 2 atom stereocenters. The second kappa shape index (κ2) is 5.76. The summed E-state index contributed by atoms with van der Waals surface area (Å²) in [6.07, 6.45) is 0.917. The fraction of sp³-hybridized carbons (Fsp3) is 0.571. The molecule has 0 amide bonds. The van der Waals surface area contributed by atoms with E-state index in [2.05, 4.69) is 5.32 Å². The Kier molecular flexibility index (Phi) is 4.14. The van der Waals surface area contributed by atoms with Crippen LogP contribution in [0.4, 0.5) is 0 Å². The van der Waals surface area contributed by atoms with Gasteiger partial charge in [-0.1, -0.05) is 11.6 Å². The summed E-state index contributed by atoms with van der Waals surface area (Å²) >= 11 is 6.05. The normalized spacial score (nSPS) is 26.6. The van der Waals surface area contributed by atoms with Gasteiger partial charge in [0.25, 0.3) is 0 Å². The van der Waals surface area contributed by atoms with Crippen molar-refractivity contribution in [2.45, 2.75) is 11.3 Å². The zero-order chi connectivity index (χ0) is 15.0. The minimum absolute atomic E-state index is 0.234. The van der Waals surface area contributed by atoms with Gasteiger partial charge in [-0.25, -0.2) is 8.42 Å². The number of methoxy groups -OCH3 is 1. The quantitative estimate of drug-likeness (QED) is 0.914. The van der Waals surface area contributed by atoms with E-state index >= 15 is 0 Å². The van der Waals surface area contributed by atoms with Gasteiger partial charge in [0.15, 0.2) is 0 Å². The number of nitrogens with one attached hydrogen (secondary N) is 1. The number of rotatable bonds is 3. The number of sulfonamides is 1. The van der Waals surface area contributed by atoms with Gasteiger partial charge in [0.05, 0.1) is 17.0 Å². The highest BCUT2D eigenvalue weighted by atomic mass is 35.5. The molecule has 21 heavy (non-hydrogen) atoms. The fourth-order valence-corrected chi connectivity index (χ4v) is 5.04. The number of halogens is 1. The Morgan fingerprint density at radius 3 is 2.81 bits per heavy atom. The summed E-state index contributed by atoms with van der Waals surface area (Å²) in [6, 6.07) is 4.62. The molecule has 2 heterocycles. The second-order valence-electron chi connectivity index (χ2n) is 5.63. The fourth-order valence-electron chi connectivity index (χ4n) is 3.18. The number of piperidine rings is 1. The SMILES string of the molecule is COc1ccc(S(=O)(=O)N2CCC3CNCC3C2)cc1Cl. The molecule has 0 aromatic heterocycles. The van der Waals surface area contributed by atoms with E-state index in [0.717, 1.165) is 19.5 Å². The van der Waals surface area contributed by atoms with E-state index in [9.17, 15) is 8.42 Å². The molecule has 2 aliphatic rings. The summed E-state index contributed by atoms with van der Waals surface area (Å²) in [5.41, 5.74) is 0. The minimum Gasteiger partial charge on any atom is -0.495 e. The van der Waals surface area contributed by atoms with Crippen molar-refractivity contribution in [1.82, 2.24) is 9.62 Å². The highest BCUT2D eigenvalue weighted by Crippen LogP contribution is 2.32. The Hall–Kier alpha value is -0.820. The minimum atomic E-state index is -3.48. The number of hydrogen-bond donors (Lipinski definition) is 1. The summed E-state index contributed by atoms with van der Waals surface area (Å²) in [6.45, 7) is 3.07. The second-order valence-corrected chi connectivity index (χ2v) is 7.97. The Balaban J connectivity index is 1.85. The van der Waals surface area contributed by atoms with E-state index in [4.69, 9.17) is 16.3 Å². The molecule has 2 fully saturated rings. The third-order valence-corrected chi connectivity index (χ3v) is 6.58. The van der Waals surface area contributed by atoms with Crippen LogP contribution in [0, 0.1) is 11.8 Å². The van der Waals surface area contributed by atoms with Crippen LogP contribution in [-0.2, 0) is 10.0 Å². The monoisotopic (exact) mass is 330 g/mol. The van der Waals surface area contributed by atoms with E-state index in [0.29, 0.717) is 35.7 Å². The van der Waals surface area contributed by atoms with Crippen LogP contribution in [0.1, 0.15) is 6.42 Å². The van der Waals surface area contributed by atoms with Gasteiger partial charge in [-0.2, -0.15) is 4.31 Å². The first-order chi connectivity index (χ1) is 10.0. The molecule has 2 aliphatic heterocycles. The first-order valence-electron chi connectivity index (χ1n) is 7.07. The van der Waals surface area contributed by atoms with Crippen molar-refractivity contribution >= 4 is 21.6 Å². The van der Waals surface area contributed by atoms with E-state index in [1.165, 1.54) is 13.2 Å². The molecule has 116 valence electrons. The van der Waals surface area contributed by atoms with Crippen LogP contribution in [0.2, 0.25) is 5.02 Å². The zero-order valence-electron chi connectivity index (χ0n) is 11.9. The molecule has 2 unspecified atom stereocenters. The average Bonchev–Trinajstić information content (AvgIpc) is 2.94. The molecular weight excluding hydrogens is 312 g/mol. The smallest absolute Gasteiger partial charge is 0.243 e. The van der Waals surface area contributed by atoms with Crippen LogP contribution in [-0.4, -0.2) is 46.0 Å². The maximum Gasteiger partial charge on any atom is 0.243 e. The van der Waals surface area contributed by atoms with Crippen molar-refractivity contribution in [3.05, 3.63) is 23.2 Å². The van der Waals surface area contributed by atoms with Crippen molar-refractivity contribution in [2.24, 2.45) is 11.8 Å². The summed E-state index contributed by atoms with van der Waals surface area (Å²) < 4.78 is 32.1. The predicted octanol–water partition coefficient (Wildman–Crippen LogP) is 1.58. The summed E-state index contributed by atoms with van der Waals surface area (Å²) in [5, 5.41) is 3.66. The lowest BCUT2D eigenvalue weighted by molar-refractivity contribution is 0.228. The van der Waals surface area contributed by atoms with Gasteiger partial charge in [0.2, 0.25) is 10.0 Å². The highest BCUT2D eigenvalue weighted by Gasteiger charge is 2.37. The molecule has 7 heteroatoms. The number of fused-ring (bicyclic) bond motifs is 1. The molecule has 1 aromatic carbocycles. The van der Waals surface area contributed by atoms with Crippen LogP contribution >= 0.6 is 11.6 Å². The molecule has 0 radical (unpaired) electrons. The van der Waals surface area contributed by atoms with Gasteiger partial charge in [-0.15, -0.1) is 0 Å². The molecule has 0 aliphatic carbocycles. The van der Waals surface area contributed by atoms with Gasteiger partial charge < -0.3 is 10.1 Å². The molecular formula is C14H19ClN2O3S. The van der Waals surface area contributed by atoms with Gasteiger partial charge in [-0.3, -0.25) is 0 Å². The van der Waals surface area contributed by atoms with Crippen LogP contribution in [0.25, 0.3) is 0 Å². The largest absolute Gasteiger partial charge is 0.495 e. The van der Waals surface area contributed by atoms with E-state index in [1.807, 2.05) is 0 Å². The van der Waals surface area contributed by atoms with Crippen molar-refractivity contribution in [2.75, 3.05) is 33.3 Å². The first-order valence-corrected chi connectivity index (χ1v) is 8.88. The summed E-state index contributed by atoms with van der Waals surface area (Å²) in [7, 11) is -1.98. The molecule has 0 bridgehead atoms. The van der Waals surface area contributed by atoms with Crippen molar-refractivity contribution in [1.29, 1.82) is 0 Å². The van der Waals surface area contributed by atoms with Gasteiger partial charge in [0, 0.05) is 13.1 Å². The van der Waals surface area contributed by atoms with E-state index in [1.54, 1.807) is 16.4 Å². The van der Waals surface area contributed by atoms with E-state index < -0.39 is 10.0 Å². The third-order valence-electron chi connectivity index (χ3n) is 4.43. The van der Waals surface area contributed by atoms with Crippen LogP contribution in [0.5, 0.6) is 5.75 Å². The molecule has 3 rings (SSSR count). The first kappa shape index (κ1) is 15.1. The summed E-state index contributed by atoms with van der Waals surface area (Å²) in [5.74, 6) is 1.51. The standard InChI is InChI=1S/C14H19ClN2O3S/c1-20-14-3-2-12(6-13(14)15)21(18,19)17-5-4-10-7-16-8-11(10)9-17/h2-3,6,10-11,16H,4-5,7-9H2,1H3. The lowest BCUT2D eigenvalue weighted by Gasteiger charge is -2.33. The van der Waals surface area contributed by atoms with Crippen LogP contribution in [0.15, 0.2) is 23.1 Å². The highest BCUT2D eigenvalue weighted by molar-refractivity contribution is 7.89. The molecule has 5 nitrogen and oxygen atoms in total. The average molecular weight is 331 g/mol. The number of hydrogen-bond acceptors (Lipinski definition) is 4. The zero-order valence-corrected chi connectivity index (χ0v) is 13.5. The van der Waals surface area contributed by atoms with Gasteiger partial charge in [0.1, 0.15) is 5.75 Å².